The van der Waals surface area contributed by atoms with Crippen LogP contribution in [0, 0.1) is 0 Å². The number of hydrogen-bond acceptors (Lipinski definition) is 5. The first-order chi connectivity index (χ1) is 14.1. The molecule has 2 aromatic carbocycles. The molecule has 154 valence electrons. The van der Waals surface area contributed by atoms with Gasteiger partial charge >= 0.3 is 0 Å². The first-order valence-electron chi connectivity index (χ1n) is 9.92. The molecule has 1 N–H and O–H groups in total. The maximum atomic E-state index is 12.5. The Hall–Kier alpha value is -2.28. The average Bonchev–Trinajstić information content (AvgIpc) is 3.19. The highest BCUT2D eigenvalue weighted by Gasteiger charge is 2.26. The molecule has 2 aliphatic rings. The average molecular weight is 416 g/mol. The standard InChI is InChI=1S/C22H26ClN3O3/c1-25-8-10-26(11-9-25)19(17-4-7-20-21(13-17)29-15-28-20)14-24-22(27)12-16-2-5-18(23)6-3-16/h2-7,13,19H,8-12,14-15H2,1H3,(H,24,27)/t19-/m0/s1. The molecule has 0 unspecified atom stereocenters. The van der Waals surface area contributed by atoms with Crippen LogP contribution in [0.25, 0.3) is 0 Å². The summed E-state index contributed by atoms with van der Waals surface area (Å²) in [5.41, 5.74) is 2.08. The number of nitrogens with zero attached hydrogens (tertiary/aromatic N) is 2. The highest BCUT2D eigenvalue weighted by atomic mass is 35.5. The molecule has 1 saturated heterocycles. The monoisotopic (exact) mass is 415 g/mol. The fraction of sp³-hybridized carbons (Fsp3) is 0.409. The van der Waals surface area contributed by atoms with Crippen molar-refractivity contribution in [2.24, 2.45) is 0 Å². The summed E-state index contributed by atoms with van der Waals surface area (Å²) in [6.45, 7) is 4.76. The molecule has 2 aromatic rings. The van der Waals surface area contributed by atoms with Crippen LogP contribution in [0.4, 0.5) is 0 Å². The van der Waals surface area contributed by atoms with E-state index in [4.69, 9.17) is 21.1 Å². The van der Waals surface area contributed by atoms with Crippen LogP contribution in [0.1, 0.15) is 17.2 Å². The van der Waals surface area contributed by atoms with E-state index in [0.717, 1.165) is 48.8 Å². The van der Waals surface area contributed by atoms with E-state index < -0.39 is 0 Å². The van der Waals surface area contributed by atoms with E-state index in [1.807, 2.05) is 36.4 Å². The summed E-state index contributed by atoms with van der Waals surface area (Å²) in [7, 11) is 2.14. The Balaban J connectivity index is 1.45. The summed E-state index contributed by atoms with van der Waals surface area (Å²) in [4.78, 5) is 17.3. The largest absolute Gasteiger partial charge is 0.454 e. The summed E-state index contributed by atoms with van der Waals surface area (Å²) >= 11 is 5.93. The number of benzene rings is 2. The van der Waals surface area contributed by atoms with Crippen molar-refractivity contribution in [2.75, 3.05) is 46.6 Å². The maximum absolute atomic E-state index is 12.5. The molecule has 7 heteroatoms. The van der Waals surface area contributed by atoms with Crippen molar-refractivity contribution in [1.82, 2.24) is 15.1 Å². The molecule has 1 fully saturated rings. The lowest BCUT2D eigenvalue weighted by molar-refractivity contribution is -0.120. The molecule has 0 aliphatic carbocycles. The third kappa shape index (κ3) is 5.01. The second kappa shape index (κ2) is 9.03. The van der Waals surface area contributed by atoms with E-state index in [1.165, 1.54) is 0 Å². The van der Waals surface area contributed by atoms with Crippen LogP contribution < -0.4 is 14.8 Å². The molecule has 0 aromatic heterocycles. The summed E-state index contributed by atoms with van der Waals surface area (Å²) in [6, 6.07) is 13.5. The van der Waals surface area contributed by atoms with Gasteiger partial charge in [-0.05, 0) is 42.4 Å². The van der Waals surface area contributed by atoms with Crippen molar-refractivity contribution in [1.29, 1.82) is 0 Å². The van der Waals surface area contributed by atoms with Crippen molar-refractivity contribution in [3.8, 4) is 11.5 Å². The van der Waals surface area contributed by atoms with Crippen molar-refractivity contribution >= 4 is 17.5 Å². The molecule has 2 aliphatic heterocycles. The number of halogens is 1. The lowest BCUT2D eigenvalue weighted by Gasteiger charge is -2.38. The van der Waals surface area contributed by atoms with Gasteiger partial charge in [0, 0.05) is 37.7 Å². The van der Waals surface area contributed by atoms with Crippen LogP contribution in [-0.2, 0) is 11.2 Å². The number of nitrogens with one attached hydrogen (secondary N) is 1. The lowest BCUT2D eigenvalue weighted by Crippen LogP contribution is -2.48. The van der Waals surface area contributed by atoms with Crippen molar-refractivity contribution in [2.45, 2.75) is 12.5 Å². The van der Waals surface area contributed by atoms with Gasteiger partial charge < -0.3 is 19.7 Å². The molecule has 0 radical (unpaired) electrons. The quantitative estimate of drug-likeness (QED) is 0.786. The van der Waals surface area contributed by atoms with Gasteiger partial charge in [-0.3, -0.25) is 9.69 Å². The number of amides is 1. The van der Waals surface area contributed by atoms with E-state index in [1.54, 1.807) is 0 Å². The molecular weight excluding hydrogens is 390 g/mol. The minimum absolute atomic E-state index is 0.00666. The van der Waals surface area contributed by atoms with Crippen LogP contribution in [-0.4, -0.2) is 62.3 Å². The molecule has 1 atom stereocenters. The second-order valence-electron chi connectivity index (χ2n) is 7.58. The van der Waals surface area contributed by atoms with Crippen LogP contribution in [0.15, 0.2) is 42.5 Å². The maximum Gasteiger partial charge on any atom is 0.231 e. The molecular formula is C22H26ClN3O3. The number of rotatable bonds is 6. The number of hydrogen-bond donors (Lipinski definition) is 1. The minimum Gasteiger partial charge on any atom is -0.454 e. The van der Waals surface area contributed by atoms with Gasteiger partial charge in [0.05, 0.1) is 12.5 Å². The second-order valence-corrected chi connectivity index (χ2v) is 8.01. The highest BCUT2D eigenvalue weighted by molar-refractivity contribution is 6.30. The Morgan fingerprint density at radius 1 is 1.07 bits per heavy atom. The molecule has 0 bridgehead atoms. The zero-order valence-electron chi connectivity index (χ0n) is 16.6. The first kappa shape index (κ1) is 20.0. The smallest absolute Gasteiger partial charge is 0.231 e. The third-order valence-electron chi connectivity index (χ3n) is 5.53. The Bertz CT molecular complexity index is 851. The van der Waals surface area contributed by atoms with Crippen molar-refractivity contribution < 1.29 is 14.3 Å². The van der Waals surface area contributed by atoms with E-state index in [0.29, 0.717) is 18.0 Å². The van der Waals surface area contributed by atoms with Gasteiger partial charge in [0.25, 0.3) is 0 Å². The predicted octanol–water partition coefficient (Wildman–Crippen LogP) is 2.72. The van der Waals surface area contributed by atoms with E-state index in [2.05, 4.69) is 28.2 Å². The minimum atomic E-state index is 0.00666. The van der Waals surface area contributed by atoms with Crippen LogP contribution >= 0.6 is 11.6 Å². The highest BCUT2D eigenvalue weighted by Crippen LogP contribution is 2.35. The van der Waals surface area contributed by atoms with Gasteiger partial charge in [0.15, 0.2) is 11.5 Å². The molecule has 0 saturated carbocycles. The molecule has 29 heavy (non-hydrogen) atoms. The van der Waals surface area contributed by atoms with Crippen molar-refractivity contribution in [3.05, 3.63) is 58.6 Å². The fourth-order valence-electron chi connectivity index (χ4n) is 3.77. The summed E-state index contributed by atoms with van der Waals surface area (Å²) < 4.78 is 11.0. The first-order valence-corrected chi connectivity index (χ1v) is 10.3. The van der Waals surface area contributed by atoms with Gasteiger partial charge in [0.1, 0.15) is 0 Å². The van der Waals surface area contributed by atoms with E-state index in [9.17, 15) is 4.79 Å². The lowest BCUT2D eigenvalue weighted by atomic mass is 10.0. The summed E-state index contributed by atoms with van der Waals surface area (Å²) in [5.74, 6) is 1.55. The van der Waals surface area contributed by atoms with Crippen molar-refractivity contribution in [3.63, 3.8) is 0 Å². The van der Waals surface area contributed by atoms with Gasteiger partial charge in [0.2, 0.25) is 12.7 Å². The molecule has 2 heterocycles. The normalized spacial score (nSPS) is 17.9. The Labute approximate surface area is 176 Å². The summed E-state index contributed by atoms with van der Waals surface area (Å²) in [6.07, 6.45) is 0.341. The van der Waals surface area contributed by atoms with E-state index in [-0.39, 0.29) is 18.7 Å². The van der Waals surface area contributed by atoms with Gasteiger partial charge in [-0.1, -0.05) is 29.8 Å². The zero-order valence-corrected chi connectivity index (χ0v) is 17.3. The number of fused-ring (bicyclic) bond motifs is 1. The Kier molecular flexibility index (Phi) is 6.23. The summed E-state index contributed by atoms with van der Waals surface area (Å²) in [5, 5.41) is 3.79. The van der Waals surface area contributed by atoms with Crippen LogP contribution in [0.3, 0.4) is 0 Å². The number of ether oxygens (including phenoxy) is 2. The van der Waals surface area contributed by atoms with Gasteiger partial charge in [-0.25, -0.2) is 0 Å². The fourth-order valence-corrected chi connectivity index (χ4v) is 3.90. The van der Waals surface area contributed by atoms with Gasteiger partial charge in [-0.15, -0.1) is 0 Å². The number of likely N-dealkylation sites (N-methyl/N-ethyl adjacent to an activating group) is 1. The molecule has 6 nitrogen and oxygen atoms in total. The van der Waals surface area contributed by atoms with Crippen LogP contribution in [0.2, 0.25) is 5.02 Å². The topological polar surface area (TPSA) is 54.0 Å². The number of piperazine rings is 1. The Morgan fingerprint density at radius 3 is 2.55 bits per heavy atom. The number of carbonyl (C=O) groups excluding carboxylic acids is 1. The third-order valence-corrected chi connectivity index (χ3v) is 5.78. The van der Waals surface area contributed by atoms with Crippen LogP contribution in [0.5, 0.6) is 11.5 Å². The molecule has 4 rings (SSSR count). The zero-order chi connectivity index (χ0) is 20.2. The molecule has 1 amide bonds. The Morgan fingerprint density at radius 2 is 1.79 bits per heavy atom. The molecule has 0 spiro atoms. The SMILES string of the molecule is CN1CCN([C@@H](CNC(=O)Cc2ccc(Cl)cc2)c2ccc3c(c2)OCO3)CC1. The van der Waals surface area contributed by atoms with E-state index >= 15 is 0 Å². The number of carbonyl (C=O) groups is 1. The predicted molar refractivity (Wildman–Crippen MR) is 113 cm³/mol. The van der Waals surface area contributed by atoms with Gasteiger partial charge in [-0.2, -0.15) is 0 Å².